The first-order valence-corrected chi connectivity index (χ1v) is 8.97. The van der Waals surface area contributed by atoms with E-state index in [0.29, 0.717) is 19.8 Å². The Morgan fingerprint density at radius 1 is 1.61 bits per heavy atom. The van der Waals surface area contributed by atoms with Crippen LogP contribution in [0.25, 0.3) is 0 Å². The van der Waals surface area contributed by atoms with Crippen LogP contribution in [0.1, 0.15) is 39.8 Å². The molecular formula is C16H27N3O3S. The van der Waals surface area contributed by atoms with E-state index in [1.165, 1.54) is 0 Å². The van der Waals surface area contributed by atoms with E-state index in [9.17, 15) is 4.79 Å². The topological polar surface area (TPSA) is 63.7 Å². The van der Waals surface area contributed by atoms with Gasteiger partial charge in [-0.25, -0.2) is 9.78 Å². The van der Waals surface area contributed by atoms with Gasteiger partial charge < -0.3 is 19.7 Å². The molecule has 2 unspecified atom stereocenters. The van der Waals surface area contributed by atoms with Crippen molar-refractivity contribution >= 4 is 17.4 Å². The van der Waals surface area contributed by atoms with Gasteiger partial charge in [-0.15, -0.1) is 11.3 Å². The van der Waals surface area contributed by atoms with E-state index in [0.717, 1.165) is 18.7 Å². The molecule has 1 fully saturated rings. The second kappa shape index (κ2) is 8.08. The smallest absolute Gasteiger partial charge is 0.410 e. The van der Waals surface area contributed by atoms with E-state index in [-0.39, 0.29) is 18.2 Å². The lowest BCUT2D eigenvalue weighted by atomic mass is 10.1. The molecule has 0 bridgehead atoms. The molecule has 0 aliphatic carbocycles. The average Bonchev–Trinajstić information content (AvgIpc) is 2.97. The van der Waals surface area contributed by atoms with Crippen molar-refractivity contribution in [2.24, 2.45) is 0 Å². The van der Waals surface area contributed by atoms with Crippen LogP contribution in [0.15, 0.2) is 10.9 Å². The number of hydrogen-bond acceptors (Lipinski definition) is 6. The van der Waals surface area contributed by atoms with Crippen molar-refractivity contribution < 1.29 is 14.3 Å². The Bertz CT molecular complexity index is 487. The van der Waals surface area contributed by atoms with E-state index < -0.39 is 5.60 Å². The highest BCUT2D eigenvalue weighted by molar-refractivity contribution is 7.07. The predicted molar refractivity (Wildman–Crippen MR) is 90.6 cm³/mol. The Hall–Kier alpha value is -1.18. The number of amides is 1. The zero-order valence-corrected chi connectivity index (χ0v) is 15.2. The van der Waals surface area contributed by atoms with Crippen LogP contribution in [0.5, 0.6) is 0 Å². The first-order valence-electron chi connectivity index (χ1n) is 8.03. The Morgan fingerprint density at radius 3 is 3.04 bits per heavy atom. The third-order valence-electron chi connectivity index (χ3n) is 3.60. The quantitative estimate of drug-likeness (QED) is 0.892. The SMILES string of the molecule is CC(CC1COCCN1C(=O)OC(C)(C)C)NCc1cscn1. The van der Waals surface area contributed by atoms with Crippen LogP contribution in [0.2, 0.25) is 0 Å². The number of thiazole rings is 1. The van der Waals surface area contributed by atoms with E-state index >= 15 is 0 Å². The molecular weight excluding hydrogens is 314 g/mol. The Balaban J connectivity index is 1.86. The zero-order chi connectivity index (χ0) is 16.9. The second-order valence-corrected chi connectivity index (χ2v) is 7.62. The first kappa shape index (κ1) is 18.2. The van der Waals surface area contributed by atoms with Gasteiger partial charge in [-0.1, -0.05) is 0 Å². The molecule has 23 heavy (non-hydrogen) atoms. The van der Waals surface area contributed by atoms with Gasteiger partial charge in [0.1, 0.15) is 5.60 Å². The van der Waals surface area contributed by atoms with Gasteiger partial charge in [-0.2, -0.15) is 0 Å². The minimum Gasteiger partial charge on any atom is -0.444 e. The normalized spacial score (nSPS) is 20.3. The largest absolute Gasteiger partial charge is 0.444 e. The number of morpholine rings is 1. The highest BCUT2D eigenvalue weighted by atomic mass is 32.1. The maximum absolute atomic E-state index is 12.4. The Morgan fingerprint density at radius 2 is 2.39 bits per heavy atom. The van der Waals surface area contributed by atoms with Gasteiger partial charge in [0.05, 0.1) is 30.5 Å². The average molecular weight is 341 g/mol. The van der Waals surface area contributed by atoms with E-state index in [2.05, 4.69) is 17.2 Å². The summed E-state index contributed by atoms with van der Waals surface area (Å²) in [5, 5.41) is 5.49. The number of hydrogen-bond donors (Lipinski definition) is 1. The summed E-state index contributed by atoms with van der Waals surface area (Å²) >= 11 is 1.60. The lowest BCUT2D eigenvalue weighted by Crippen LogP contribution is -2.52. The number of rotatable bonds is 5. The lowest BCUT2D eigenvalue weighted by molar-refractivity contribution is -0.0356. The zero-order valence-electron chi connectivity index (χ0n) is 14.4. The van der Waals surface area contributed by atoms with Crippen molar-refractivity contribution in [3.05, 3.63) is 16.6 Å². The lowest BCUT2D eigenvalue weighted by Gasteiger charge is -2.37. The highest BCUT2D eigenvalue weighted by Crippen LogP contribution is 2.17. The number of carbonyl (C=O) groups excluding carboxylic acids is 1. The summed E-state index contributed by atoms with van der Waals surface area (Å²) in [5.74, 6) is 0. The van der Waals surface area contributed by atoms with Gasteiger partial charge in [-0.3, -0.25) is 0 Å². The minimum atomic E-state index is -0.478. The monoisotopic (exact) mass is 341 g/mol. The third kappa shape index (κ3) is 6.08. The van der Waals surface area contributed by atoms with Gasteiger partial charge in [0.15, 0.2) is 0 Å². The van der Waals surface area contributed by atoms with Crippen LogP contribution < -0.4 is 5.32 Å². The predicted octanol–water partition coefficient (Wildman–Crippen LogP) is 2.65. The molecule has 0 aromatic carbocycles. The molecule has 2 heterocycles. The van der Waals surface area contributed by atoms with E-state index in [1.807, 2.05) is 31.7 Å². The summed E-state index contributed by atoms with van der Waals surface area (Å²) in [5.41, 5.74) is 2.40. The molecule has 0 saturated carbocycles. The molecule has 1 aromatic rings. The maximum atomic E-state index is 12.4. The van der Waals surface area contributed by atoms with Crippen LogP contribution in [0.4, 0.5) is 4.79 Å². The fourth-order valence-corrected chi connectivity index (χ4v) is 3.06. The van der Waals surface area contributed by atoms with E-state index in [1.54, 1.807) is 16.2 Å². The molecule has 1 aromatic heterocycles. The Labute approximate surface area is 142 Å². The van der Waals surface area contributed by atoms with E-state index in [4.69, 9.17) is 9.47 Å². The van der Waals surface area contributed by atoms with Crippen LogP contribution in [-0.2, 0) is 16.0 Å². The summed E-state index contributed by atoms with van der Waals surface area (Å²) in [6.45, 7) is 10.2. The molecule has 1 saturated heterocycles. The summed E-state index contributed by atoms with van der Waals surface area (Å²) in [6, 6.07) is 0.296. The first-order chi connectivity index (χ1) is 10.8. The maximum Gasteiger partial charge on any atom is 0.410 e. The minimum absolute atomic E-state index is 0.0385. The van der Waals surface area contributed by atoms with Crippen molar-refractivity contribution in [1.82, 2.24) is 15.2 Å². The number of ether oxygens (including phenoxy) is 2. The fourth-order valence-electron chi connectivity index (χ4n) is 2.51. The Kier molecular flexibility index (Phi) is 6.38. The second-order valence-electron chi connectivity index (χ2n) is 6.90. The molecule has 7 heteroatoms. The van der Waals surface area contributed by atoms with Crippen molar-refractivity contribution in [3.63, 3.8) is 0 Å². The number of nitrogens with zero attached hydrogens (tertiary/aromatic N) is 2. The van der Waals surface area contributed by atoms with Crippen molar-refractivity contribution in [3.8, 4) is 0 Å². The standard InChI is InChI=1S/C16H27N3O3S/c1-12(17-8-13-10-23-11-18-13)7-14-9-21-6-5-19(14)15(20)22-16(2,3)4/h10-12,14,17H,5-9H2,1-4H3. The third-order valence-corrected chi connectivity index (χ3v) is 4.23. The van der Waals surface area contributed by atoms with Crippen LogP contribution >= 0.6 is 11.3 Å². The number of nitrogens with one attached hydrogen (secondary N) is 1. The molecule has 6 nitrogen and oxygen atoms in total. The van der Waals surface area contributed by atoms with Gasteiger partial charge in [0.25, 0.3) is 0 Å². The van der Waals surface area contributed by atoms with Gasteiger partial charge >= 0.3 is 6.09 Å². The number of aromatic nitrogens is 1. The van der Waals surface area contributed by atoms with Gasteiger partial charge in [-0.05, 0) is 34.1 Å². The molecule has 1 aliphatic rings. The van der Waals surface area contributed by atoms with Crippen molar-refractivity contribution in [2.75, 3.05) is 19.8 Å². The van der Waals surface area contributed by atoms with Crippen LogP contribution in [0.3, 0.4) is 0 Å². The molecule has 0 radical (unpaired) electrons. The van der Waals surface area contributed by atoms with Crippen LogP contribution in [-0.4, -0.2) is 53.4 Å². The molecule has 1 amide bonds. The van der Waals surface area contributed by atoms with Crippen molar-refractivity contribution in [2.45, 2.75) is 58.3 Å². The highest BCUT2D eigenvalue weighted by Gasteiger charge is 2.31. The molecule has 2 atom stereocenters. The molecule has 0 spiro atoms. The van der Waals surface area contributed by atoms with Crippen molar-refractivity contribution in [1.29, 1.82) is 0 Å². The summed E-state index contributed by atoms with van der Waals surface area (Å²) in [7, 11) is 0. The summed E-state index contributed by atoms with van der Waals surface area (Å²) < 4.78 is 11.1. The molecule has 1 N–H and O–H groups in total. The summed E-state index contributed by atoms with van der Waals surface area (Å²) in [6.07, 6.45) is 0.570. The van der Waals surface area contributed by atoms with Gasteiger partial charge in [0.2, 0.25) is 0 Å². The van der Waals surface area contributed by atoms with Crippen LogP contribution in [0, 0.1) is 0 Å². The van der Waals surface area contributed by atoms with Gasteiger partial charge in [0, 0.05) is 24.5 Å². The molecule has 1 aliphatic heterocycles. The molecule has 2 rings (SSSR count). The number of carbonyl (C=O) groups is 1. The molecule has 130 valence electrons. The summed E-state index contributed by atoms with van der Waals surface area (Å²) in [4.78, 5) is 18.4. The fraction of sp³-hybridized carbons (Fsp3) is 0.750.